The van der Waals surface area contributed by atoms with E-state index in [4.69, 9.17) is 15.4 Å². The molecule has 0 saturated carbocycles. The Hall–Kier alpha value is -3.13. The molecule has 16 nitrogen and oxygen atoms in total. The number of azide groups is 1. The Labute approximate surface area is 225 Å². The maximum Gasteiger partial charge on any atom is 0.369 e. The van der Waals surface area contributed by atoms with Crippen molar-refractivity contribution in [2.75, 3.05) is 6.61 Å². The summed E-state index contributed by atoms with van der Waals surface area (Å²) < 4.78 is 29.5. The summed E-state index contributed by atoms with van der Waals surface area (Å²) in [4.78, 5) is 64.5. The van der Waals surface area contributed by atoms with Crippen molar-refractivity contribution in [3.63, 3.8) is 0 Å². The van der Waals surface area contributed by atoms with Crippen molar-refractivity contribution in [2.45, 2.75) is 43.2 Å². The molecule has 2 heterocycles. The summed E-state index contributed by atoms with van der Waals surface area (Å²) in [7, 11) is -10.9. The molecular formula is C22H27N5O11P2. The van der Waals surface area contributed by atoms with E-state index in [1.54, 1.807) is 43.3 Å². The zero-order valence-corrected chi connectivity index (χ0v) is 22.7. The Morgan fingerprint density at radius 1 is 1.12 bits per heavy atom. The second-order valence-electron chi connectivity index (χ2n) is 8.98. The molecule has 18 heteroatoms. The van der Waals surface area contributed by atoms with Crippen LogP contribution in [0.2, 0.25) is 0 Å². The smallest absolute Gasteiger partial charge is 0.369 e. The van der Waals surface area contributed by atoms with Crippen LogP contribution >= 0.6 is 15.2 Å². The summed E-state index contributed by atoms with van der Waals surface area (Å²) in [5.74, 6) is 0. The highest BCUT2D eigenvalue weighted by Gasteiger charge is 2.59. The van der Waals surface area contributed by atoms with Crippen molar-refractivity contribution < 1.29 is 43.7 Å². The van der Waals surface area contributed by atoms with Crippen LogP contribution in [0.3, 0.4) is 0 Å². The Balaban J connectivity index is 0.000000222. The number of benzene rings is 2. The van der Waals surface area contributed by atoms with Crippen molar-refractivity contribution in [2.24, 2.45) is 5.11 Å². The molecule has 0 radical (unpaired) electrons. The largest absolute Gasteiger partial charge is 0.394 e. The SMILES string of the molecule is Cc1cn([C@H]2C[C@H](N=[N+]=[N-])[C@@H](CO)O2)c(=O)[nH]c1=O.O=P(O)(O)C(O)(Cc1cccc2ccccc12)P(=O)(O)O. The van der Waals surface area contributed by atoms with Gasteiger partial charge >= 0.3 is 20.9 Å². The average molecular weight is 599 g/mol. The van der Waals surface area contributed by atoms with Crippen LogP contribution in [0.15, 0.2) is 63.4 Å². The number of hydrogen-bond acceptors (Lipinski definition) is 8. The fraction of sp³-hybridized carbons (Fsp3) is 0.364. The minimum Gasteiger partial charge on any atom is -0.394 e. The summed E-state index contributed by atoms with van der Waals surface area (Å²) in [5.41, 5.74) is 7.99. The van der Waals surface area contributed by atoms with Gasteiger partial charge < -0.3 is 34.5 Å². The lowest BCUT2D eigenvalue weighted by Gasteiger charge is -2.29. The molecule has 0 unspecified atom stereocenters. The number of aliphatic hydroxyl groups is 2. The molecule has 1 aliphatic rings. The third-order valence-electron chi connectivity index (χ3n) is 6.28. The summed E-state index contributed by atoms with van der Waals surface area (Å²) in [6.45, 7) is 1.26. The van der Waals surface area contributed by atoms with Crippen molar-refractivity contribution in [3.05, 3.63) is 91.1 Å². The molecular weight excluding hydrogens is 572 g/mol. The number of aromatic amines is 1. The molecule has 0 aliphatic carbocycles. The van der Waals surface area contributed by atoms with E-state index in [-0.39, 0.29) is 18.6 Å². The summed E-state index contributed by atoms with van der Waals surface area (Å²) in [6, 6.07) is 11.1. The van der Waals surface area contributed by atoms with Gasteiger partial charge in [-0.05, 0) is 28.8 Å². The van der Waals surface area contributed by atoms with Gasteiger partial charge in [0.05, 0.1) is 18.8 Å². The fourth-order valence-electron chi connectivity index (χ4n) is 4.12. The topological polar surface area (TPSA) is 268 Å². The highest BCUT2D eigenvalue weighted by atomic mass is 31.2. The van der Waals surface area contributed by atoms with E-state index < -0.39 is 56.3 Å². The molecule has 0 bridgehead atoms. The molecule has 0 amide bonds. The van der Waals surface area contributed by atoms with Gasteiger partial charge in [-0.15, -0.1) is 0 Å². The first-order valence-corrected chi connectivity index (χ1v) is 14.8. The molecule has 1 aromatic heterocycles. The predicted molar refractivity (Wildman–Crippen MR) is 141 cm³/mol. The van der Waals surface area contributed by atoms with E-state index >= 15 is 0 Å². The molecule has 2 aromatic carbocycles. The van der Waals surface area contributed by atoms with Crippen LogP contribution in [0, 0.1) is 6.92 Å². The highest BCUT2D eigenvalue weighted by molar-refractivity contribution is 7.72. The molecule has 4 rings (SSSR count). The van der Waals surface area contributed by atoms with Crippen molar-refractivity contribution in [1.29, 1.82) is 0 Å². The lowest BCUT2D eigenvalue weighted by Crippen LogP contribution is -2.33. The maximum atomic E-state index is 11.7. The fourth-order valence-corrected chi connectivity index (χ4v) is 6.23. The van der Waals surface area contributed by atoms with Gasteiger partial charge in [-0.2, -0.15) is 0 Å². The van der Waals surface area contributed by atoms with Gasteiger partial charge in [0.1, 0.15) is 6.23 Å². The minimum atomic E-state index is -5.46. The van der Waals surface area contributed by atoms with Crippen LogP contribution in [0.5, 0.6) is 0 Å². The number of nitrogens with one attached hydrogen (secondary N) is 1. The number of aryl methyl sites for hydroxylation is 1. The van der Waals surface area contributed by atoms with Crippen molar-refractivity contribution in [3.8, 4) is 0 Å². The molecule has 1 fully saturated rings. The Kier molecular flexibility index (Phi) is 9.55. The van der Waals surface area contributed by atoms with E-state index in [9.17, 15) is 43.4 Å². The van der Waals surface area contributed by atoms with Gasteiger partial charge in [0.2, 0.25) is 0 Å². The number of hydrogen-bond donors (Lipinski definition) is 7. The number of H-pyrrole nitrogens is 1. The first-order valence-electron chi connectivity index (χ1n) is 11.6. The molecule has 7 N–H and O–H groups in total. The summed E-state index contributed by atoms with van der Waals surface area (Å²) in [6.07, 6.45) is -0.529. The molecule has 3 atom stereocenters. The average Bonchev–Trinajstić information content (AvgIpc) is 3.28. The monoisotopic (exact) mass is 599 g/mol. The first kappa shape index (κ1) is 31.4. The normalized spacial score (nSPS) is 19.5. The number of fused-ring (bicyclic) bond motifs is 1. The lowest BCUT2D eigenvalue weighted by atomic mass is 10.0. The Morgan fingerprint density at radius 3 is 2.35 bits per heavy atom. The van der Waals surface area contributed by atoms with E-state index in [1.807, 2.05) is 0 Å². The summed E-state index contributed by atoms with van der Waals surface area (Å²) >= 11 is 0. The van der Waals surface area contributed by atoms with E-state index in [0.717, 1.165) is 5.39 Å². The van der Waals surface area contributed by atoms with Crippen molar-refractivity contribution >= 4 is 26.0 Å². The lowest BCUT2D eigenvalue weighted by molar-refractivity contribution is -0.0271. The van der Waals surface area contributed by atoms with Crippen LogP contribution in [0.1, 0.15) is 23.8 Å². The molecule has 1 saturated heterocycles. The number of nitrogens with zero attached hydrogens (tertiary/aromatic N) is 4. The second kappa shape index (κ2) is 12.2. The minimum absolute atomic E-state index is 0.238. The van der Waals surface area contributed by atoms with Crippen LogP contribution in [-0.4, -0.2) is 63.2 Å². The zero-order chi connectivity index (χ0) is 29.9. The van der Waals surface area contributed by atoms with Crippen LogP contribution < -0.4 is 11.2 Å². The van der Waals surface area contributed by atoms with Gasteiger partial charge in [0.15, 0.2) is 0 Å². The van der Waals surface area contributed by atoms with E-state index in [0.29, 0.717) is 10.9 Å². The molecule has 40 heavy (non-hydrogen) atoms. The number of aromatic nitrogens is 2. The van der Waals surface area contributed by atoms with E-state index in [2.05, 4.69) is 15.0 Å². The van der Waals surface area contributed by atoms with E-state index in [1.165, 1.54) is 16.8 Å². The van der Waals surface area contributed by atoms with Crippen LogP contribution in [0.25, 0.3) is 21.2 Å². The number of aliphatic hydroxyl groups excluding tert-OH is 1. The highest BCUT2D eigenvalue weighted by Crippen LogP contribution is 2.68. The first-order chi connectivity index (χ1) is 18.6. The van der Waals surface area contributed by atoms with Gasteiger partial charge in [-0.25, -0.2) is 4.79 Å². The van der Waals surface area contributed by atoms with Gasteiger partial charge in [-0.1, -0.05) is 47.6 Å². The van der Waals surface area contributed by atoms with Crippen LogP contribution in [0.4, 0.5) is 0 Å². The Bertz CT molecular complexity index is 1610. The molecule has 216 valence electrons. The zero-order valence-electron chi connectivity index (χ0n) is 20.9. The standard InChI is InChI=1S/C12H14O7P2.C10H13N5O4/c13-12(20(14,15)16,21(17,18)19)8-10-6-3-5-9-4-1-2-7-11(9)10;1-5-3-15(10(18)12-9(5)17)8-2-6(13-14-11)7(4-16)19-8/h1-7,13H,8H2,(H2,14,15,16)(H2,17,18,19);3,6-8,16H,2,4H2,1H3,(H,12,17,18)/t;6-,7+,8+/m.0/s1. The molecule has 0 spiro atoms. The van der Waals surface area contributed by atoms with Gasteiger partial charge in [-0.3, -0.25) is 23.5 Å². The van der Waals surface area contributed by atoms with Crippen LogP contribution in [-0.2, 0) is 20.3 Å². The Morgan fingerprint density at radius 2 is 1.75 bits per heavy atom. The second-order valence-corrected chi connectivity index (χ2v) is 13.0. The predicted octanol–water partition coefficient (Wildman–Crippen LogP) is 1.19. The summed E-state index contributed by atoms with van der Waals surface area (Å²) in [5, 5.41) is 20.5. The van der Waals surface area contributed by atoms with Crippen molar-refractivity contribution in [1.82, 2.24) is 9.55 Å². The molecule has 1 aliphatic heterocycles. The maximum absolute atomic E-state index is 11.7. The van der Waals surface area contributed by atoms with Gasteiger partial charge in [0, 0.05) is 29.5 Å². The quantitative estimate of drug-likeness (QED) is 0.0877. The third kappa shape index (κ3) is 6.60. The number of rotatable bonds is 7. The van der Waals surface area contributed by atoms with Gasteiger partial charge in [0.25, 0.3) is 10.6 Å². The molecule has 3 aromatic rings. The third-order valence-corrected chi connectivity index (χ3v) is 10.0. The number of ether oxygens (including phenoxy) is 1.